The van der Waals surface area contributed by atoms with Crippen molar-refractivity contribution in [1.82, 2.24) is 0 Å². The highest BCUT2D eigenvalue weighted by Crippen LogP contribution is 2.26. The first-order valence-corrected chi connectivity index (χ1v) is 25.4. The number of aliphatic hydroxyl groups excluding tert-OH is 7. The number of ether oxygens (including phenoxy) is 6. The number of rotatable bonds is 39. The van der Waals surface area contributed by atoms with Gasteiger partial charge in [-0.3, -0.25) is 9.59 Å². The highest BCUT2D eigenvalue weighted by molar-refractivity contribution is 5.70. The Labute approximate surface area is 390 Å². The van der Waals surface area contributed by atoms with E-state index in [2.05, 4.69) is 38.2 Å². The molecular formula is C50H90O15. The van der Waals surface area contributed by atoms with Crippen LogP contribution in [0, 0.1) is 0 Å². The molecule has 2 saturated heterocycles. The smallest absolute Gasteiger partial charge is 0.306 e. The summed E-state index contributed by atoms with van der Waals surface area (Å²) in [6.45, 7) is 2.54. The lowest BCUT2D eigenvalue weighted by Crippen LogP contribution is -2.61. The zero-order chi connectivity index (χ0) is 47.5. The second-order valence-electron chi connectivity index (χ2n) is 18.0. The van der Waals surface area contributed by atoms with E-state index in [-0.39, 0.29) is 26.1 Å². The Morgan fingerprint density at radius 3 is 1.43 bits per heavy atom. The molecule has 15 heteroatoms. The van der Waals surface area contributed by atoms with Gasteiger partial charge in [0, 0.05) is 12.8 Å². The molecule has 2 fully saturated rings. The molecule has 0 aromatic rings. The minimum Gasteiger partial charge on any atom is -0.462 e. The first kappa shape index (κ1) is 59.1. The summed E-state index contributed by atoms with van der Waals surface area (Å²) < 4.78 is 33.5. The molecule has 2 aliphatic heterocycles. The molecule has 0 bridgehead atoms. The van der Waals surface area contributed by atoms with Gasteiger partial charge in [0.1, 0.15) is 55.4 Å². The van der Waals surface area contributed by atoms with E-state index in [1.807, 2.05) is 0 Å². The van der Waals surface area contributed by atoms with E-state index in [1.54, 1.807) is 0 Å². The van der Waals surface area contributed by atoms with Crippen molar-refractivity contribution < 1.29 is 73.8 Å². The molecule has 11 atom stereocenters. The van der Waals surface area contributed by atoms with Gasteiger partial charge in [0.25, 0.3) is 0 Å². The van der Waals surface area contributed by atoms with Crippen molar-refractivity contribution in [3.63, 3.8) is 0 Å². The van der Waals surface area contributed by atoms with Crippen molar-refractivity contribution in [2.75, 3.05) is 26.4 Å². The van der Waals surface area contributed by atoms with Crippen LogP contribution in [0.2, 0.25) is 0 Å². The monoisotopic (exact) mass is 931 g/mol. The Balaban J connectivity index is 1.76. The molecule has 65 heavy (non-hydrogen) atoms. The van der Waals surface area contributed by atoms with Crippen molar-refractivity contribution in [2.24, 2.45) is 0 Å². The number of hydrogen-bond donors (Lipinski definition) is 7. The zero-order valence-corrected chi connectivity index (χ0v) is 40.0. The molecule has 2 aliphatic rings. The first-order valence-electron chi connectivity index (χ1n) is 25.4. The van der Waals surface area contributed by atoms with Gasteiger partial charge in [-0.2, -0.15) is 0 Å². The molecule has 0 spiro atoms. The molecule has 0 aromatic carbocycles. The van der Waals surface area contributed by atoms with Crippen LogP contribution in [-0.4, -0.2) is 142 Å². The van der Waals surface area contributed by atoms with Crippen molar-refractivity contribution in [3.05, 3.63) is 24.3 Å². The molecule has 0 aliphatic carbocycles. The van der Waals surface area contributed by atoms with Gasteiger partial charge in [-0.05, 0) is 44.9 Å². The third-order valence-electron chi connectivity index (χ3n) is 12.2. The van der Waals surface area contributed by atoms with Gasteiger partial charge in [-0.15, -0.1) is 0 Å². The van der Waals surface area contributed by atoms with Crippen LogP contribution in [0.5, 0.6) is 0 Å². The number of carbonyl (C=O) groups is 2. The van der Waals surface area contributed by atoms with Crippen LogP contribution in [0.3, 0.4) is 0 Å². The quantitative estimate of drug-likeness (QED) is 0.0192. The van der Waals surface area contributed by atoms with Crippen LogP contribution in [0.25, 0.3) is 0 Å². The Hall–Kier alpha value is -2.02. The molecule has 2 heterocycles. The molecule has 0 aromatic heterocycles. The first-order chi connectivity index (χ1) is 31.5. The third-order valence-corrected chi connectivity index (χ3v) is 12.2. The molecule has 380 valence electrons. The zero-order valence-electron chi connectivity index (χ0n) is 40.0. The van der Waals surface area contributed by atoms with E-state index in [1.165, 1.54) is 89.9 Å². The molecule has 11 unspecified atom stereocenters. The highest BCUT2D eigenvalue weighted by atomic mass is 16.7. The van der Waals surface area contributed by atoms with Gasteiger partial charge in [0.2, 0.25) is 0 Å². The maximum absolute atomic E-state index is 13.0. The average Bonchev–Trinajstić information content (AvgIpc) is 3.30. The van der Waals surface area contributed by atoms with E-state index in [9.17, 15) is 45.3 Å². The molecule has 0 radical (unpaired) electrons. The van der Waals surface area contributed by atoms with Crippen LogP contribution in [0.1, 0.15) is 187 Å². The molecule has 15 nitrogen and oxygen atoms in total. The van der Waals surface area contributed by atoms with Gasteiger partial charge >= 0.3 is 11.9 Å². The lowest BCUT2D eigenvalue weighted by atomic mass is 9.98. The number of allylic oxidation sites excluding steroid dienone is 4. The fraction of sp³-hybridized carbons (Fsp3) is 0.880. The second-order valence-corrected chi connectivity index (χ2v) is 18.0. The van der Waals surface area contributed by atoms with Crippen molar-refractivity contribution >= 4 is 11.9 Å². The summed E-state index contributed by atoms with van der Waals surface area (Å²) in [5.74, 6) is -0.930. The predicted molar refractivity (Wildman–Crippen MR) is 247 cm³/mol. The number of carbonyl (C=O) groups excluding carboxylic acids is 2. The van der Waals surface area contributed by atoms with Gasteiger partial charge in [0.15, 0.2) is 18.7 Å². The molecule has 2 rings (SSSR count). The number of hydrogen-bond acceptors (Lipinski definition) is 15. The third kappa shape index (κ3) is 26.4. The largest absolute Gasteiger partial charge is 0.462 e. The van der Waals surface area contributed by atoms with Crippen LogP contribution in [0.4, 0.5) is 0 Å². The SMILES string of the molecule is CCCCCCC/C=C\C/C=C\CCCCCCCCCCCC(=O)OC(COC(=O)CCCCCCCCCC)COC1OC(COC2OC(CO)C(O)C(O)C2O)C(O)C(O)C1O. The summed E-state index contributed by atoms with van der Waals surface area (Å²) in [6, 6.07) is 0. The normalized spacial score (nSPS) is 26.5. The number of esters is 2. The van der Waals surface area contributed by atoms with Crippen LogP contribution in [0.15, 0.2) is 24.3 Å². The number of aliphatic hydroxyl groups is 7. The van der Waals surface area contributed by atoms with Crippen LogP contribution >= 0.6 is 0 Å². The summed E-state index contributed by atoms with van der Waals surface area (Å²) in [7, 11) is 0. The molecule has 0 amide bonds. The van der Waals surface area contributed by atoms with Crippen molar-refractivity contribution in [2.45, 2.75) is 255 Å². The summed E-state index contributed by atoms with van der Waals surface area (Å²) in [4.78, 5) is 25.6. The van der Waals surface area contributed by atoms with E-state index in [4.69, 9.17) is 28.4 Å². The van der Waals surface area contributed by atoms with E-state index in [0.717, 1.165) is 57.8 Å². The van der Waals surface area contributed by atoms with Crippen LogP contribution < -0.4 is 0 Å². The van der Waals surface area contributed by atoms with Crippen molar-refractivity contribution in [1.29, 1.82) is 0 Å². The fourth-order valence-electron chi connectivity index (χ4n) is 7.95. The van der Waals surface area contributed by atoms with Crippen LogP contribution in [-0.2, 0) is 38.0 Å². The molecule has 0 saturated carbocycles. The predicted octanol–water partition coefficient (Wildman–Crippen LogP) is 6.77. The summed E-state index contributed by atoms with van der Waals surface area (Å²) in [6.07, 6.45) is 20.9. The summed E-state index contributed by atoms with van der Waals surface area (Å²) >= 11 is 0. The molecular weight excluding hydrogens is 841 g/mol. The maximum Gasteiger partial charge on any atom is 0.306 e. The van der Waals surface area contributed by atoms with E-state index >= 15 is 0 Å². The lowest BCUT2D eigenvalue weighted by Gasteiger charge is -2.42. The Kier molecular flexibility index (Phi) is 34.5. The van der Waals surface area contributed by atoms with E-state index < -0.39 is 92.7 Å². The minimum atomic E-state index is -1.76. The van der Waals surface area contributed by atoms with Gasteiger partial charge in [-0.1, -0.05) is 154 Å². The lowest BCUT2D eigenvalue weighted by molar-refractivity contribution is -0.332. The van der Waals surface area contributed by atoms with Gasteiger partial charge in [0.05, 0.1) is 19.8 Å². The standard InChI is InChI=1S/C50H90O15/c1-3-5-7-9-11-13-14-15-16-17-18-19-20-21-22-23-24-25-27-29-31-33-42(53)63-38(35-60-41(52)32-30-28-26-12-10-8-6-4-2)36-61-49-48(59)46(57)44(55)40(65-49)37-62-50-47(58)45(56)43(54)39(34-51)64-50/h14-15,17-18,38-40,43-51,54-59H,3-13,16,19-37H2,1-2H3/b15-14-,18-17-. The summed E-state index contributed by atoms with van der Waals surface area (Å²) in [5.41, 5.74) is 0. The van der Waals surface area contributed by atoms with Gasteiger partial charge < -0.3 is 64.2 Å². The topological polar surface area (TPSA) is 231 Å². The highest BCUT2D eigenvalue weighted by Gasteiger charge is 2.47. The fourth-order valence-corrected chi connectivity index (χ4v) is 7.95. The van der Waals surface area contributed by atoms with Gasteiger partial charge in [-0.25, -0.2) is 0 Å². The number of unbranched alkanes of at least 4 members (excludes halogenated alkanes) is 21. The maximum atomic E-state index is 13.0. The summed E-state index contributed by atoms with van der Waals surface area (Å²) in [5, 5.41) is 71.9. The minimum absolute atomic E-state index is 0.163. The van der Waals surface area contributed by atoms with E-state index in [0.29, 0.717) is 12.8 Å². The Morgan fingerprint density at radius 2 is 0.923 bits per heavy atom. The molecule has 7 N–H and O–H groups in total. The van der Waals surface area contributed by atoms with Crippen molar-refractivity contribution in [3.8, 4) is 0 Å². The Bertz CT molecular complexity index is 1230. The average molecular weight is 931 g/mol. The second kappa shape index (κ2) is 37.9. The Morgan fingerprint density at radius 1 is 0.492 bits per heavy atom.